The summed E-state index contributed by atoms with van der Waals surface area (Å²) in [6.45, 7) is 7.69. The van der Waals surface area contributed by atoms with Crippen LogP contribution >= 0.6 is 23.2 Å². The molecule has 1 aromatic rings. The summed E-state index contributed by atoms with van der Waals surface area (Å²) in [5.41, 5.74) is 1.04. The molecule has 1 rings (SSSR count). The second-order valence-corrected chi connectivity index (χ2v) is 7.00. The molecular weight excluding hydrogens is 323 g/mol. The summed E-state index contributed by atoms with van der Waals surface area (Å²) in [5, 5.41) is 7.61. The zero-order chi connectivity index (χ0) is 16.9. The van der Waals surface area contributed by atoms with Crippen LogP contribution < -0.4 is 10.6 Å². The third kappa shape index (κ3) is 5.07. The molecule has 0 aliphatic rings. The fraction of sp³-hybridized carbons (Fsp3) is 0.667. The van der Waals surface area contributed by atoms with Crippen LogP contribution in [0.2, 0.25) is 10.2 Å². The Morgan fingerprint density at radius 3 is 2.41 bits per heavy atom. The number of aliphatic imine (C=N–C) groups is 1. The van der Waals surface area contributed by atoms with Crippen molar-refractivity contribution in [2.45, 2.75) is 33.4 Å². The van der Waals surface area contributed by atoms with E-state index in [1.165, 1.54) is 0 Å². The maximum Gasteiger partial charge on any atom is 0.191 e. The highest BCUT2D eigenvalue weighted by Gasteiger charge is 2.24. The summed E-state index contributed by atoms with van der Waals surface area (Å²) in [5.74, 6) is 0.708. The molecule has 0 spiro atoms. The standard InChI is InChI=1S/C15H26Cl2N4O/c1-15(2,3)12(22-6)9-20-14(18-4)19-8-10-7-11(16)13(17)21(10)5/h7,12H,8-9H2,1-6H3,(H2,18,19,20). The molecule has 0 saturated carbocycles. The first-order valence-corrected chi connectivity index (χ1v) is 7.93. The molecule has 0 fully saturated rings. The van der Waals surface area contributed by atoms with Gasteiger partial charge in [-0.1, -0.05) is 44.0 Å². The average molecular weight is 349 g/mol. The zero-order valence-electron chi connectivity index (χ0n) is 14.1. The first-order valence-electron chi connectivity index (χ1n) is 7.17. The largest absolute Gasteiger partial charge is 0.379 e. The van der Waals surface area contributed by atoms with Crippen molar-refractivity contribution in [3.8, 4) is 0 Å². The lowest BCUT2D eigenvalue weighted by molar-refractivity contribution is 0.0205. The fourth-order valence-electron chi connectivity index (χ4n) is 2.09. The van der Waals surface area contributed by atoms with Crippen molar-refractivity contribution in [1.82, 2.24) is 15.2 Å². The third-order valence-electron chi connectivity index (χ3n) is 3.58. The van der Waals surface area contributed by atoms with E-state index < -0.39 is 0 Å². The van der Waals surface area contributed by atoms with E-state index in [0.29, 0.717) is 29.2 Å². The first-order chi connectivity index (χ1) is 10.2. The van der Waals surface area contributed by atoms with Crippen molar-refractivity contribution in [2.75, 3.05) is 20.7 Å². The Balaban J connectivity index is 2.58. The number of nitrogens with one attached hydrogen (secondary N) is 2. The van der Waals surface area contributed by atoms with Gasteiger partial charge in [0.15, 0.2) is 5.96 Å². The average Bonchev–Trinajstić information content (AvgIpc) is 2.68. The van der Waals surface area contributed by atoms with Crippen LogP contribution in [0.3, 0.4) is 0 Å². The van der Waals surface area contributed by atoms with Gasteiger partial charge in [0.05, 0.1) is 17.7 Å². The lowest BCUT2D eigenvalue weighted by Gasteiger charge is -2.30. The maximum absolute atomic E-state index is 6.06. The lowest BCUT2D eigenvalue weighted by Crippen LogP contribution is -2.45. The molecule has 1 atom stereocenters. The van der Waals surface area contributed by atoms with Gasteiger partial charge in [0, 0.05) is 33.4 Å². The van der Waals surface area contributed by atoms with Gasteiger partial charge in [-0.25, -0.2) is 0 Å². The Morgan fingerprint density at radius 1 is 1.36 bits per heavy atom. The van der Waals surface area contributed by atoms with Crippen LogP contribution in [0.15, 0.2) is 11.1 Å². The van der Waals surface area contributed by atoms with Gasteiger partial charge in [-0.05, 0) is 11.5 Å². The Labute approximate surface area is 143 Å². The van der Waals surface area contributed by atoms with E-state index in [1.807, 2.05) is 17.7 Å². The predicted octanol–water partition coefficient (Wildman–Crippen LogP) is 3.06. The molecule has 0 aliphatic heterocycles. The number of halogens is 2. The van der Waals surface area contributed by atoms with Crippen LogP contribution in [-0.4, -0.2) is 37.3 Å². The van der Waals surface area contributed by atoms with Crippen molar-refractivity contribution in [1.29, 1.82) is 0 Å². The molecule has 0 aromatic carbocycles. The number of ether oxygens (including phenoxy) is 1. The van der Waals surface area contributed by atoms with Gasteiger partial charge in [0.2, 0.25) is 0 Å². The Kier molecular flexibility index (Phi) is 7.03. The van der Waals surface area contributed by atoms with Gasteiger partial charge < -0.3 is 19.9 Å². The van der Waals surface area contributed by atoms with E-state index >= 15 is 0 Å². The Bertz CT molecular complexity index is 520. The molecule has 2 N–H and O–H groups in total. The maximum atomic E-state index is 6.06. The summed E-state index contributed by atoms with van der Waals surface area (Å²) < 4.78 is 7.37. The number of aromatic nitrogens is 1. The molecule has 1 aromatic heterocycles. The highest BCUT2D eigenvalue weighted by atomic mass is 35.5. The Hall–Kier alpha value is -0.910. The van der Waals surface area contributed by atoms with Crippen molar-refractivity contribution >= 4 is 29.2 Å². The van der Waals surface area contributed by atoms with E-state index in [2.05, 4.69) is 36.4 Å². The van der Waals surface area contributed by atoms with Gasteiger partial charge in [0.1, 0.15) is 5.15 Å². The second kappa shape index (κ2) is 8.09. The minimum absolute atomic E-state index is 0.0553. The number of hydrogen-bond acceptors (Lipinski definition) is 2. The molecule has 5 nitrogen and oxygen atoms in total. The van der Waals surface area contributed by atoms with Crippen LogP contribution in [0.5, 0.6) is 0 Å². The molecule has 7 heteroatoms. The number of nitrogens with zero attached hydrogens (tertiary/aromatic N) is 2. The fourth-order valence-corrected chi connectivity index (χ4v) is 2.50. The zero-order valence-corrected chi connectivity index (χ0v) is 15.6. The molecule has 126 valence electrons. The highest BCUT2D eigenvalue weighted by Crippen LogP contribution is 2.25. The number of methoxy groups -OCH3 is 1. The van der Waals surface area contributed by atoms with E-state index in [4.69, 9.17) is 27.9 Å². The van der Waals surface area contributed by atoms with E-state index in [0.717, 1.165) is 5.69 Å². The summed E-state index contributed by atoms with van der Waals surface area (Å²) >= 11 is 12.1. The first kappa shape index (κ1) is 19.1. The number of rotatable bonds is 5. The summed E-state index contributed by atoms with van der Waals surface area (Å²) in [6.07, 6.45) is 0.0879. The normalized spacial score (nSPS) is 14.1. The number of guanidine groups is 1. The SMILES string of the molecule is CN=C(NCc1cc(Cl)c(Cl)n1C)NCC(OC)C(C)(C)C. The van der Waals surface area contributed by atoms with Crippen LogP contribution in [0.4, 0.5) is 0 Å². The molecule has 0 saturated heterocycles. The van der Waals surface area contributed by atoms with E-state index in [-0.39, 0.29) is 11.5 Å². The van der Waals surface area contributed by atoms with Gasteiger partial charge in [-0.3, -0.25) is 4.99 Å². The van der Waals surface area contributed by atoms with Crippen LogP contribution in [0.25, 0.3) is 0 Å². The van der Waals surface area contributed by atoms with Crippen molar-refractivity contribution in [2.24, 2.45) is 17.5 Å². The Morgan fingerprint density at radius 2 is 2.00 bits per heavy atom. The molecular formula is C15H26Cl2N4O. The number of hydrogen-bond donors (Lipinski definition) is 2. The molecule has 22 heavy (non-hydrogen) atoms. The van der Waals surface area contributed by atoms with Gasteiger partial charge in [0.25, 0.3) is 0 Å². The van der Waals surface area contributed by atoms with E-state index in [9.17, 15) is 0 Å². The van der Waals surface area contributed by atoms with Gasteiger partial charge >= 0.3 is 0 Å². The quantitative estimate of drug-likeness (QED) is 0.635. The minimum Gasteiger partial charge on any atom is -0.379 e. The smallest absolute Gasteiger partial charge is 0.191 e. The van der Waals surface area contributed by atoms with E-state index in [1.54, 1.807) is 14.2 Å². The molecule has 0 aliphatic carbocycles. The molecule has 0 radical (unpaired) electrons. The minimum atomic E-state index is 0.0553. The van der Waals surface area contributed by atoms with Crippen molar-refractivity contribution in [3.63, 3.8) is 0 Å². The predicted molar refractivity (Wildman–Crippen MR) is 93.9 cm³/mol. The molecule has 1 heterocycles. The van der Waals surface area contributed by atoms with Crippen LogP contribution in [0.1, 0.15) is 26.5 Å². The van der Waals surface area contributed by atoms with Crippen molar-refractivity contribution in [3.05, 3.63) is 21.9 Å². The highest BCUT2D eigenvalue weighted by molar-refractivity contribution is 6.41. The van der Waals surface area contributed by atoms with Gasteiger partial charge in [-0.15, -0.1) is 0 Å². The summed E-state index contributed by atoms with van der Waals surface area (Å²) in [6, 6.07) is 1.84. The molecule has 0 amide bonds. The van der Waals surface area contributed by atoms with Gasteiger partial charge in [-0.2, -0.15) is 0 Å². The third-order valence-corrected chi connectivity index (χ3v) is 4.42. The summed E-state index contributed by atoms with van der Waals surface area (Å²) in [4.78, 5) is 4.21. The monoisotopic (exact) mass is 348 g/mol. The summed E-state index contributed by atoms with van der Waals surface area (Å²) in [7, 11) is 5.34. The second-order valence-electron chi connectivity index (χ2n) is 6.23. The van der Waals surface area contributed by atoms with Crippen LogP contribution in [0, 0.1) is 5.41 Å². The van der Waals surface area contributed by atoms with Crippen LogP contribution in [-0.2, 0) is 18.3 Å². The lowest BCUT2D eigenvalue weighted by atomic mass is 9.89. The molecule has 0 bridgehead atoms. The topological polar surface area (TPSA) is 50.6 Å². The van der Waals surface area contributed by atoms with Crippen molar-refractivity contribution < 1.29 is 4.74 Å². The molecule has 1 unspecified atom stereocenters.